The van der Waals surface area contributed by atoms with Crippen LogP contribution in [-0.4, -0.2) is 70.2 Å². The van der Waals surface area contributed by atoms with Gasteiger partial charge in [-0.25, -0.2) is 0 Å². The van der Waals surface area contributed by atoms with Gasteiger partial charge in [0.25, 0.3) is 0 Å². The third kappa shape index (κ3) is 11.4. The van der Waals surface area contributed by atoms with Gasteiger partial charge < -0.3 is 20.3 Å². The van der Waals surface area contributed by atoms with Gasteiger partial charge in [0.15, 0.2) is 0 Å². The maximum absolute atomic E-state index is 11.9. The van der Waals surface area contributed by atoms with Gasteiger partial charge in [-0.1, -0.05) is 32.8 Å². The zero-order valence-corrected chi connectivity index (χ0v) is 16.3. The molecule has 0 aliphatic rings. The van der Waals surface area contributed by atoms with Crippen LogP contribution >= 0.6 is 0 Å². The van der Waals surface area contributed by atoms with Crippen LogP contribution < -0.4 is 10.6 Å². The first kappa shape index (κ1) is 23.2. The van der Waals surface area contributed by atoms with E-state index in [9.17, 15) is 9.59 Å². The molecular formula is C16H32N6O3. The molecule has 0 bridgehead atoms. The summed E-state index contributed by atoms with van der Waals surface area (Å²) in [6, 6.07) is 0. The lowest BCUT2D eigenvalue weighted by atomic mass is 9.93. The van der Waals surface area contributed by atoms with Crippen LogP contribution in [0.1, 0.15) is 27.7 Å². The standard InChI is InChI=1S/C16H32N6O3/c1-15(2,11-25-12-16(3,4)10-20-21-17)9-19-13(23)8-22(6)14(24)7-18-5/h18H,7-12H2,1-6H3,(H,19,23). The Morgan fingerprint density at radius 2 is 1.80 bits per heavy atom. The summed E-state index contributed by atoms with van der Waals surface area (Å²) in [5.41, 5.74) is 7.90. The predicted molar refractivity (Wildman–Crippen MR) is 97.0 cm³/mol. The van der Waals surface area contributed by atoms with E-state index in [4.69, 9.17) is 10.3 Å². The van der Waals surface area contributed by atoms with Gasteiger partial charge in [-0.05, 0) is 18.0 Å². The Balaban J connectivity index is 4.20. The maximum Gasteiger partial charge on any atom is 0.239 e. The summed E-state index contributed by atoms with van der Waals surface area (Å²) >= 11 is 0. The summed E-state index contributed by atoms with van der Waals surface area (Å²) in [6.45, 7) is 9.87. The Morgan fingerprint density at radius 3 is 2.36 bits per heavy atom. The minimum atomic E-state index is -0.252. The molecule has 0 unspecified atom stereocenters. The van der Waals surface area contributed by atoms with E-state index in [1.54, 1.807) is 14.1 Å². The van der Waals surface area contributed by atoms with Crippen LogP contribution in [0.5, 0.6) is 0 Å². The Kier molecular flexibility index (Phi) is 10.1. The lowest BCUT2D eigenvalue weighted by molar-refractivity contribution is -0.134. The molecule has 9 nitrogen and oxygen atoms in total. The highest BCUT2D eigenvalue weighted by atomic mass is 16.5. The summed E-state index contributed by atoms with van der Waals surface area (Å²) in [5.74, 6) is -0.341. The van der Waals surface area contributed by atoms with Crippen LogP contribution in [0.15, 0.2) is 5.11 Å². The molecule has 0 aromatic carbocycles. The van der Waals surface area contributed by atoms with Crippen LogP contribution in [0.25, 0.3) is 10.4 Å². The van der Waals surface area contributed by atoms with E-state index >= 15 is 0 Å². The number of azide groups is 1. The quantitative estimate of drug-likeness (QED) is 0.310. The molecule has 0 heterocycles. The van der Waals surface area contributed by atoms with Crippen LogP contribution in [0.3, 0.4) is 0 Å². The normalized spacial score (nSPS) is 11.6. The second-order valence-corrected chi connectivity index (χ2v) is 7.77. The number of hydrogen-bond acceptors (Lipinski definition) is 5. The van der Waals surface area contributed by atoms with Gasteiger partial charge in [-0.3, -0.25) is 9.59 Å². The van der Waals surface area contributed by atoms with Crippen molar-refractivity contribution in [2.75, 3.05) is 53.5 Å². The Hall–Kier alpha value is -1.83. The zero-order chi connectivity index (χ0) is 19.5. The zero-order valence-electron chi connectivity index (χ0n) is 16.3. The fourth-order valence-electron chi connectivity index (χ4n) is 1.91. The third-order valence-corrected chi connectivity index (χ3v) is 3.45. The molecule has 0 aromatic rings. The van der Waals surface area contributed by atoms with Gasteiger partial charge in [-0.15, -0.1) is 0 Å². The van der Waals surface area contributed by atoms with Crippen LogP contribution in [0.2, 0.25) is 0 Å². The van der Waals surface area contributed by atoms with Gasteiger partial charge in [-0.2, -0.15) is 0 Å². The molecule has 0 aliphatic heterocycles. The number of likely N-dealkylation sites (N-methyl/N-ethyl adjacent to an activating group) is 2. The van der Waals surface area contributed by atoms with E-state index in [0.717, 1.165) is 0 Å². The summed E-state index contributed by atoms with van der Waals surface area (Å²) < 4.78 is 5.74. The molecule has 0 fully saturated rings. The highest BCUT2D eigenvalue weighted by Gasteiger charge is 2.23. The molecule has 0 atom stereocenters. The van der Waals surface area contributed by atoms with Gasteiger partial charge in [0, 0.05) is 30.5 Å². The van der Waals surface area contributed by atoms with Crippen LogP contribution in [0, 0.1) is 10.8 Å². The first-order valence-electron chi connectivity index (χ1n) is 8.27. The largest absolute Gasteiger partial charge is 0.380 e. The van der Waals surface area contributed by atoms with Crippen molar-refractivity contribution in [3.63, 3.8) is 0 Å². The molecule has 0 saturated carbocycles. The van der Waals surface area contributed by atoms with E-state index in [1.165, 1.54) is 4.90 Å². The van der Waals surface area contributed by atoms with E-state index in [2.05, 4.69) is 20.7 Å². The average molecular weight is 356 g/mol. The smallest absolute Gasteiger partial charge is 0.239 e. The molecule has 0 radical (unpaired) electrons. The van der Waals surface area contributed by atoms with Crippen molar-refractivity contribution in [3.8, 4) is 0 Å². The van der Waals surface area contributed by atoms with E-state index in [1.807, 2.05) is 27.7 Å². The van der Waals surface area contributed by atoms with Crippen molar-refractivity contribution >= 4 is 11.8 Å². The molecule has 144 valence electrons. The van der Waals surface area contributed by atoms with Crippen molar-refractivity contribution in [1.82, 2.24) is 15.5 Å². The number of rotatable bonds is 12. The van der Waals surface area contributed by atoms with Crippen LogP contribution in [0.4, 0.5) is 0 Å². The highest BCUT2D eigenvalue weighted by Crippen LogP contribution is 2.19. The fraction of sp³-hybridized carbons (Fsp3) is 0.875. The van der Waals surface area contributed by atoms with Crippen molar-refractivity contribution < 1.29 is 14.3 Å². The predicted octanol–water partition coefficient (Wildman–Crippen LogP) is 1.16. The maximum atomic E-state index is 11.9. The summed E-state index contributed by atoms with van der Waals surface area (Å²) in [7, 11) is 3.28. The monoisotopic (exact) mass is 356 g/mol. The van der Waals surface area contributed by atoms with E-state index in [-0.39, 0.29) is 35.7 Å². The van der Waals surface area contributed by atoms with Crippen LogP contribution in [-0.2, 0) is 14.3 Å². The van der Waals surface area contributed by atoms with Gasteiger partial charge in [0.2, 0.25) is 11.8 Å². The van der Waals surface area contributed by atoms with E-state index < -0.39 is 0 Å². The third-order valence-electron chi connectivity index (χ3n) is 3.45. The molecule has 0 rings (SSSR count). The Morgan fingerprint density at radius 1 is 1.20 bits per heavy atom. The summed E-state index contributed by atoms with van der Waals surface area (Å²) in [4.78, 5) is 27.7. The number of nitrogens with zero attached hydrogens (tertiary/aromatic N) is 4. The molecule has 9 heteroatoms. The lowest BCUT2D eigenvalue weighted by Gasteiger charge is -2.28. The van der Waals surface area contributed by atoms with Crippen molar-refractivity contribution in [3.05, 3.63) is 10.4 Å². The van der Waals surface area contributed by atoms with Gasteiger partial charge in [0.05, 0.1) is 26.3 Å². The molecule has 2 amide bonds. The molecule has 0 spiro atoms. The number of hydrogen-bond donors (Lipinski definition) is 2. The summed E-state index contributed by atoms with van der Waals surface area (Å²) in [6.07, 6.45) is 0. The number of amides is 2. The minimum absolute atomic E-state index is 0.0244. The number of nitrogens with one attached hydrogen (secondary N) is 2. The average Bonchev–Trinajstić information content (AvgIpc) is 2.51. The molecule has 0 aromatic heterocycles. The Labute approximate surface area is 150 Å². The molecule has 0 aliphatic carbocycles. The second-order valence-electron chi connectivity index (χ2n) is 7.77. The summed E-state index contributed by atoms with van der Waals surface area (Å²) in [5, 5.41) is 9.17. The number of ether oxygens (including phenoxy) is 1. The first-order valence-corrected chi connectivity index (χ1v) is 8.27. The number of carbonyl (C=O) groups is 2. The molecule has 25 heavy (non-hydrogen) atoms. The topological polar surface area (TPSA) is 119 Å². The van der Waals surface area contributed by atoms with E-state index in [0.29, 0.717) is 26.3 Å². The molecule has 2 N–H and O–H groups in total. The van der Waals surface area contributed by atoms with Crippen molar-refractivity contribution in [1.29, 1.82) is 0 Å². The Bertz CT molecular complexity index is 486. The van der Waals surface area contributed by atoms with Gasteiger partial charge in [0.1, 0.15) is 0 Å². The lowest BCUT2D eigenvalue weighted by Crippen LogP contribution is -2.44. The molecule has 0 saturated heterocycles. The van der Waals surface area contributed by atoms with Crippen molar-refractivity contribution in [2.45, 2.75) is 27.7 Å². The second kappa shape index (κ2) is 10.9. The fourth-order valence-corrected chi connectivity index (χ4v) is 1.91. The SMILES string of the molecule is CNCC(=O)N(C)CC(=O)NCC(C)(C)COCC(C)(C)CN=[N+]=[N-]. The first-order chi connectivity index (χ1) is 11.5. The number of carbonyl (C=O) groups excluding carboxylic acids is 2. The minimum Gasteiger partial charge on any atom is -0.380 e. The van der Waals surface area contributed by atoms with Gasteiger partial charge >= 0.3 is 0 Å². The molecular weight excluding hydrogens is 324 g/mol. The highest BCUT2D eigenvalue weighted by molar-refractivity contribution is 5.85. The van der Waals surface area contributed by atoms with Crippen molar-refractivity contribution in [2.24, 2.45) is 15.9 Å².